The molecule has 0 saturated heterocycles. The highest BCUT2D eigenvalue weighted by molar-refractivity contribution is 7.18. The molecule has 2 amide bonds. The molecule has 26 heavy (non-hydrogen) atoms. The smallest absolute Gasteiger partial charge is 0.262 e. The van der Waals surface area contributed by atoms with Gasteiger partial charge < -0.3 is 10.6 Å². The van der Waals surface area contributed by atoms with Crippen LogP contribution in [0.25, 0.3) is 0 Å². The van der Waals surface area contributed by atoms with E-state index >= 15 is 0 Å². The predicted octanol–water partition coefficient (Wildman–Crippen LogP) is 4.66. The number of aryl methyl sites for hydroxylation is 2. The lowest BCUT2D eigenvalue weighted by atomic mass is 10.2. The molecule has 2 aromatic heterocycles. The maximum absolute atomic E-state index is 12.4. The number of aromatic nitrogens is 1. The summed E-state index contributed by atoms with van der Waals surface area (Å²) >= 11 is 8.83. The minimum atomic E-state index is -0.304. The first-order valence-corrected chi connectivity index (χ1v) is 9.87. The van der Waals surface area contributed by atoms with Crippen molar-refractivity contribution in [1.29, 1.82) is 0 Å². The third kappa shape index (κ3) is 4.30. The van der Waals surface area contributed by atoms with Crippen LogP contribution in [0.1, 0.15) is 36.3 Å². The molecule has 0 spiro atoms. The molecular formula is C18H16ClN3O2S2. The Balaban J connectivity index is 1.67. The number of thiophene rings is 1. The SMILES string of the molecule is Cc1nc(CNC(=O)c2sc(NC(=O)c3ccccc3Cl)cc2C)cs1. The Labute approximate surface area is 164 Å². The first kappa shape index (κ1) is 18.6. The highest BCUT2D eigenvalue weighted by Gasteiger charge is 2.16. The number of halogens is 1. The maximum Gasteiger partial charge on any atom is 0.262 e. The Hall–Kier alpha value is -2.22. The average Bonchev–Trinajstić information content (AvgIpc) is 3.18. The summed E-state index contributed by atoms with van der Waals surface area (Å²) in [6.45, 7) is 4.14. The van der Waals surface area contributed by atoms with Gasteiger partial charge in [0.1, 0.15) is 0 Å². The van der Waals surface area contributed by atoms with Crippen LogP contribution in [0, 0.1) is 13.8 Å². The predicted molar refractivity (Wildman–Crippen MR) is 106 cm³/mol. The number of benzene rings is 1. The van der Waals surface area contributed by atoms with E-state index in [1.807, 2.05) is 19.2 Å². The second kappa shape index (κ2) is 7.99. The lowest BCUT2D eigenvalue weighted by molar-refractivity contribution is 0.0953. The highest BCUT2D eigenvalue weighted by Crippen LogP contribution is 2.28. The zero-order valence-electron chi connectivity index (χ0n) is 14.1. The van der Waals surface area contributed by atoms with Gasteiger partial charge in [0.2, 0.25) is 0 Å². The van der Waals surface area contributed by atoms with Crippen LogP contribution in [-0.2, 0) is 6.54 Å². The Morgan fingerprint density at radius 1 is 1.19 bits per heavy atom. The monoisotopic (exact) mass is 405 g/mol. The van der Waals surface area contributed by atoms with E-state index in [0.29, 0.717) is 27.0 Å². The molecule has 1 aromatic carbocycles. The Morgan fingerprint density at radius 2 is 1.96 bits per heavy atom. The minimum absolute atomic E-state index is 0.184. The van der Waals surface area contributed by atoms with Crippen molar-refractivity contribution in [3.8, 4) is 0 Å². The molecule has 0 bridgehead atoms. The molecule has 0 radical (unpaired) electrons. The molecule has 2 N–H and O–H groups in total. The van der Waals surface area contributed by atoms with Crippen molar-refractivity contribution >= 4 is 51.1 Å². The zero-order chi connectivity index (χ0) is 18.7. The standard InChI is InChI=1S/C18H16ClN3O2S2/c1-10-7-15(22-17(23)13-5-3-4-6-14(13)19)26-16(10)18(24)20-8-12-9-25-11(2)21-12/h3-7,9H,8H2,1-2H3,(H,20,24)(H,22,23). The first-order chi connectivity index (χ1) is 12.4. The lowest BCUT2D eigenvalue weighted by Crippen LogP contribution is -2.22. The number of carbonyl (C=O) groups is 2. The zero-order valence-corrected chi connectivity index (χ0v) is 16.5. The largest absolute Gasteiger partial charge is 0.346 e. The molecule has 0 atom stereocenters. The van der Waals surface area contributed by atoms with E-state index in [2.05, 4.69) is 15.6 Å². The molecule has 0 saturated carbocycles. The number of hydrogen-bond acceptors (Lipinski definition) is 5. The van der Waals surface area contributed by atoms with Gasteiger partial charge in [-0.05, 0) is 37.6 Å². The number of carbonyl (C=O) groups excluding carboxylic acids is 2. The van der Waals surface area contributed by atoms with Gasteiger partial charge in [0.05, 0.1) is 37.7 Å². The topological polar surface area (TPSA) is 71.1 Å². The van der Waals surface area contributed by atoms with E-state index in [1.165, 1.54) is 11.3 Å². The van der Waals surface area contributed by atoms with Gasteiger partial charge in [-0.15, -0.1) is 22.7 Å². The van der Waals surface area contributed by atoms with Gasteiger partial charge in [0.15, 0.2) is 0 Å². The van der Waals surface area contributed by atoms with Crippen LogP contribution in [-0.4, -0.2) is 16.8 Å². The van der Waals surface area contributed by atoms with Gasteiger partial charge in [0.25, 0.3) is 11.8 Å². The molecule has 3 aromatic rings. The van der Waals surface area contributed by atoms with Crippen LogP contribution in [0.4, 0.5) is 5.00 Å². The molecule has 3 rings (SSSR count). The normalized spacial score (nSPS) is 10.6. The summed E-state index contributed by atoms with van der Waals surface area (Å²) in [6.07, 6.45) is 0. The first-order valence-electron chi connectivity index (χ1n) is 7.79. The number of anilines is 1. The van der Waals surface area contributed by atoms with Gasteiger partial charge in [-0.2, -0.15) is 0 Å². The Bertz CT molecular complexity index is 965. The molecule has 0 unspecified atom stereocenters. The summed E-state index contributed by atoms with van der Waals surface area (Å²) in [6, 6.07) is 8.61. The van der Waals surface area contributed by atoms with E-state index < -0.39 is 0 Å². The summed E-state index contributed by atoms with van der Waals surface area (Å²) in [5, 5.41) is 9.53. The van der Waals surface area contributed by atoms with Gasteiger partial charge >= 0.3 is 0 Å². The lowest BCUT2D eigenvalue weighted by Gasteiger charge is -2.04. The van der Waals surface area contributed by atoms with E-state index in [9.17, 15) is 9.59 Å². The second-order valence-electron chi connectivity index (χ2n) is 5.60. The number of amides is 2. The molecule has 134 valence electrons. The highest BCUT2D eigenvalue weighted by atomic mass is 35.5. The summed E-state index contributed by atoms with van der Waals surface area (Å²) in [5.74, 6) is -0.488. The van der Waals surface area contributed by atoms with Gasteiger partial charge in [-0.1, -0.05) is 23.7 Å². The molecule has 0 aliphatic rings. The van der Waals surface area contributed by atoms with Crippen molar-refractivity contribution in [2.24, 2.45) is 0 Å². The van der Waals surface area contributed by atoms with Crippen LogP contribution in [0.5, 0.6) is 0 Å². The molecular weight excluding hydrogens is 390 g/mol. The van der Waals surface area contributed by atoms with Crippen molar-refractivity contribution < 1.29 is 9.59 Å². The van der Waals surface area contributed by atoms with Crippen molar-refractivity contribution in [2.45, 2.75) is 20.4 Å². The summed E-state index contributed by atoms with van der Waals surface area (Å²) < 4.78 is 0. The average molecular weight is 406 g/mol. The van der Waals surface area contributed by atoms with Crippen LogP contribution in [0.2, 0.25) is 5.02 Å². The molecule has 0 fully saturated rings. The minimum Gasteiger partial charge on any atom is -0.346 e. The fraction of sp³-hybridized carbons (Fsp3) is 0.167. The van der Waals surface area contributed by atoms with Crippen LogP contribution < -0.4 is 10.6 Å². The quantitative estimate of drug-likeness (QED) is 0.648. The Morgan fingerprint density at radius 3 is 2.65 bits per heavy atom. The number of nitrogens with zero attached hydrogens (tertiary/aromatic N) is 1. The summed E-state index contributed by atoms with van der Waals surface area (Å²) in [4.78, 5) is 29.6. The van der Waals surface area contributed by atoms with Crippen LogP contribution >= 0.6 is 34.3 Å². The van der Waals surface area contributed by atoms with Crippen LogP contribution in [0.3, 0.4) is 0 Å². The van der Waals surface area contributed by atoms with Crippen molar-refractivity contribution in [3.05, 3.63) is 67.4 Å². The number of nitrogens with one attached hydrogen (secondary N) is 2. The van der Waals surface area contributed by atoms with E-state index in [0.717, 1.165) is 16.3 Å². The van der Waals surface area contributed by atoms with Crippen LogP contribution in [0.15, 0.2) is 35.7 Å². The Kier molecular flexibility index (Phi) is 5.70. The molecule has 0 aliphatic heterocycles. The van der Waals surface area contributed by atoms with E-state index in [1.54, 1.807) is 41.7 Å². The van der Waals surface area contributed by atoms with Gasteiger partial charge in [0, 0.05) is 5.38 Å². The number of thiazole rings is 1. The maximum atomic E-state index is 12.4. The van der Waals surface area contributed by atoms with Gasteiger partial charge in [-0.25, -0.2) is 4.98 Å². The third-order valence-corrected chi connectivity index (χ3v) is 5.88. The summed E-state index contributed by atoms with van der Waals surface area (Å²) in [7, 11) is 0. The van der Waals surface area contributed by atoms with Crippen molar-refractivity contribution in [2.75, 3.05) is 5.32 Å². The molecule has 0 aliphatic carbocycles. The van der Waals surface area contributed by atoms with E-state index in [4.69, 9.17) is 11.6 Å². The van der Waals surface area contributed by atoms with Crippen molar-refractivity contribution in [3.63, 3.8) is 0 Å². The number of hydrogen-bond donors (Lipinski definition) is 2. The van der Waals surface area contributed by atoms with E-state index in [-0.39, 0.29) is 11.8 Å². The molecule has 5 nitrogen and oxygen atoms in total. The fourth-order valence-electron chi connectivity index (χ4n) is 2.33. The fourth-order valence-corrected chi connectivity index (χ4v) is 4.15. The third-order valence-electron chi connectivity index (χ3n) is 3.58. The summed E-state index contributed by atoms with van der Waals surface area (Å²) in [5.41, 5.74) is 2.03. The molecule has 2 heterocycles. The number of rotatable bonds is 5. The van der Waals surface area contributed by atoms with Gasteiger partial charge in [-0.3, -0.25) is 9.59 Å². The second-order valence-corrected chi connectivity index (χ2v) is 8.12. The van der Waals surface area contributed by atoms with Crippen molar-refractivity contribution in [1.82, 2.24) is 10.3 Å². The molecule has 8 heteroatoms.